The highest BCUT2D eigenvalue weighted by atomic mass is 16.6. The Labute approximate surface area is 109 Å². The van der Waals surface area contributed by atoms with Crippen molar-refractivity contribution in [1.82, 2.24) is 5.32 Å². The van der Waals surface area contributed by atoms with Crippen molar-refractivity contribution in [2.45, 2.75) is 5.92 Å². The van der Waals surface area contributed by atoms with Gasteiger partial charge in [-0.05, 0) is 11.6 Å². The maximum absolute atomic E-state index is 11.3. The van der Waals surface area contributed by atoms with Crippen LogP contribution in [0.3, 0.4) is 0 Å². The van der Waals surface area contributed by atoms with Crippen LogP contribution in [0.1, 0.15) is 11.5 Å². The molecule has 1 atom stereocenters. The molecule has 0 bridgehead atoms. The van der Waals surface area contributed by atoms with Crippen molar-refractivity contribution in [2.24, 2.45) is 5.73 Å². The molecule has 1 unspecified atom stereocenters. The maximum Gasteiger partial charge on any atom is 0.269 e. The molecule has 1 aromatic carbocycles. The molecule has 0 aliphatic heterocycles. The van der Waals surface area contributed by atoms with E-state index in [4.69, 9.17) is 5.73 Å². The van der Waals surface area contributed by atoms with Gasteiger partial charge >= 0.3 is 0 Å². The average molecular weight is 263 g/mol. The van der Waals surface area contributed by atoms with Gasteiger partial charge in [0, 0.05) is 18.7 Å². The summed E-state index contributed by atoms with van der Waals surface area (Å²) in [4.78, 5) is 32.4. The summed E-state index contributed by atoms with van der Waals surface area (Å²) >= 11 is 0. The van der Waals surface area contributed by atoms with Crippen molar-refractivity contribution in [3.63, 3.8) is 0 Å². The van der Waals surface area contributed by atoms with E-state index >= 15 is 0 Å². The van der Waals surface area contributed by atoms with Gasteiger partial charge in [0.2, 0.25) is 11.8 Å². The predicted molar refractivity (Wildman–Crippen MR) is 68.2 cm³/mol. The van der Waals surface area contributed by atoms with E-state index in [9.17, 15) is 19.7 Å². The number of nitrogens with one attached hydrogen (secondary N) is 1. The number of carbonyl (C=O) groups is 2. The lowest BCUT2D eigenvalue weighted by atomic mass is 9.98. The largest absolute Gasteiger partial charge is 0.369 e. The molecule has 3 N–H and O–H groups in total. The van der Waals surface area contributed by atoms with Crippen LogP contribution < -0.4 is 11.1 Å². The van der Waals surface area contributed by atoms with Gasteiger partial charge in [-0.2, -0.15) is 0 Å². The highest BCUT2D eigenvalue weighted by Gasteiger charge is 2.19. The molecule has 0 spiro atoms. The zero-order chi connectivity index (χ0) is 14.4. The first-order valence-electron chi connectivity index (χ1n) is 5.39. The molecule has 0 aromatic heterocycles. The number of amides is 2. The first kappa shape index (κ1) is 14.4. The minimum Gasteiger partial charge on any atom is -0.369 e. The average Bonchev–Trinajstić information content (AvgIpc) is 2.38. The van der Waals surface area contributed by atoms with E-state index < -0.39 is 22.7 Å². The number of non-ortho nitro benzene ring substituents is 1. The molecule has 2 amide bonds. The molecule has 0 heterocycles. The monoisotopic (exact) mass is 263 g/mol. The van der Waals surface area contributed by atoms with Crippen LogP contribution in [-0.2, 0) is 9.59 Å². The molecule has 7 heteroatoms. The zero-order valence-corrected chi connectivity index (χ0v) is 10.0. The van der Waals surface area contributed by atoms with Crippen LogP contribution in [0.5, 0.6) is 0 Å². The molecule has 100 valence electrons. The van der Waals surface area contributed by atoms with Gasteiger partial charge in [0.1, 0.15) is 0 Å². The van der Waals surface area contributed by atoms with Gasteiger partial charge in [-0.3, -0.25) is 19.7 Å². The summed E-state index contributed by atoms with van der Waals surface area (Å²) in [6, 6.07) is 5.43. The number of benzene rings is 1. The molecule has 0 aliphatic carbocycles. The minimum absolute atomic E-state index is 0.0119. The molecule has 0 saturated carbocycles. The quantitative estimate of drug-likeness (QED) is 0.440. The van der Waals surface area contributed by atoms with Crippen LogP contribution in [-0.4, -0.2) is 23.3 Å². The van der Waals surface area contributed by atoms with Gasteiger partial charge in [0.15, 0.2) is 0 Å². The van der Waals surface area contributed by atoms with E-state index in [0.717, 1.165) is 6.08 Å². The molecule has 19 heavy (non-hydrogen) atoms. The molecule has 1 rings (SSSR count). The number of primary amides is 1. The predicted octanol–water partition coefficient (Wildman–Crippen LogP) is 0.466. The van der Waals surface area contributed by atoms with Crippen molar-refractivity contribution in [3.05, 3.63) is 52.6 Å². The van der Waals surface area contributed by atoms with Crippen molar-refractivity contribution in [2.75, 3.05) is 6.54 Å². The normalized spacial score (nSPS) is 11.4. The number of carbonyl (C=O) groups excluding carboxylic acids is 2. The van der Waals surface area contributed by atoms with E-state index in [1.165, 1.54) is 24.3 Å². The van der Waals surface area contributed by atoms with E-state index in [2.05, 4.69) is 11.9 Å². The van der Waals surface area contributed by atoms with Crippen molar-refractivity contribution in [1.29, 1.82) is 0 Å². The van der Waals surface area contributed by atoms with E-state index in [1.54, 1.807) is 0 Å². The number of nitrogens with two attached hydrogens (primary N) is 1. The third-order valence-corrected chi connectivity index (χ3v) is 2.52. The summed E-state index contributed by atoms with van der Waals surface area (Å²) in [5, 5.41) is 13.0. The van der Waals surface area contributed by atoms with Crippen molar-refractivity contribution >= 4 is 17.5 Å². The fraction of sp³-hybridized carbons (Fsp3) is 0.167. The standard InChI is InChI=1S/C12H13N3O4/c1-2-11(16)14-7-10(12(13)17)8-3-5-9(6-4-8)15(18)19/h2-6,10H,1,7H2,(H2,13,17)(H,14,16). The van der Waals surface area contributed by atoms with E-state index in [0.29, 0.717) is 5.56 Å². The van der Waals surface area contributed by atoms with E-state index in [-0.39, 0.29) is 12.2 Å². The topological polar surface area (TPSA) is 115 Å². The lowest BCUT2D eigenvalue weighted by molar-refractivity contribution is -0.384. The van der Waals surface area contributed by atoms with Crippen LogP contribution in [0, 0.1) is 10.1 Å². The summed E-state index contributed by atoms with van der Waals surface area (Å²) in [5.74, 6) is -1.80. The highest BCUT2D eigenvalue weighted by Crippen LogP contribution is 2.19. The molecule has 0 fully saturated rings. The fourth-order valence-electron chi connectivity index (χ4n) is 1.49. The summed E-state index contributed by atoms with van der Waals surface area (Å²) in [6.07, 6.45) is 1.08. The second-order valence-corrected chi connectivity index (χ2v) is 3.75. The Balaban J connectivity index is 2.87. The second-order valence-electron chi connectivity index (χ2n) is 3.75. The molecule has 0 saturated heterocycles. The fourth-order valence-corrected chi connectivity index (χ4v) is 1.49. The van der Waals surface area contributed by atoms with Crippen LogP contribution >= 0.6 is 0 Å². The number of rotatable bonds is 6. The summed E-state index contributed by atoms with van der Waals surface area (Å²) < 4.78 is 0. The van der Waals surface area contributed by atoms with Gasteiger partial charge in [-0.25, -0.2) is 0 Å². The van der Waals surface area contributed by atoms with Crippen molar-refractivity contribution < 1.29 is 14.5 Å². The van der Waals surface area contributed by atoms with Crippen LogP contribution in [0.25, 0.3) is 0 Å². The van der Waals surface area contributed by atoms with Gasteiger partial charge in [-0.15, -0.1) is 0 Å². The zero-order valence-electron chi connectivity index (χ0n) is 10.0. The van der Waals surface area contributed by atoms with Gasteiger partial charge in [-0.1, -0.05) is 18.7 Å². The molecular weight excluding hydrogens is 250 g/mol. The van der Waals surface area contributed by atoms with Gasteiger partial charge in [0.25, 0.3) is 5.69 Å². The molecule has 7 nitrogen and oxygen atoms in total. The number of hydrogen-bond donors (Lipinski definition) is 2. The van der Waals surface area contributed by atoms with Crippen molar-refractivity contribution in [3.8, 4) is 0 Å². The second kappa shape index (κ2) is 6.29. The smallest absolute Gasteiger partial charge is 0.269 e. The first-order valence-corrected chi connectivity index (χ1v) is 5.39. The van der Waals surface area contributed by atoms with Crippen LogP contribution in [0.4, 0.5) is 5.69 Å². The molecule has 0 radical (unpaired) electrons. The summed E-state index contributed by atoms with van der Waals surface area (Å²) in [7, 11) is 0. The Bertz CT molecular complexity index is 510. The lowest BCUT2D eigenvalue weighted by Gasteiger charge is -2.13. The third kappa shape index (κ3) is 3.91. The first-order chi connectivity index (χ1) is 8.95. The maximum atomic E-state index is 11.3. The Morgan fingerprint density at radius 2 is 2.00 bits per heavy atom. The Morgan fingerprint density at radius 3 is 2.42 bits per heavy atom. The third-order valence-electron chi connectivity index (χ3n) is 2.52. The molecular formula is C12H13N3O4. The summed E-state index contributed by atoms with van der Waals surface area (Å²) in [6.45, 7) is 3.30. The van der Waals surface area contributed by atoms with Crippen LogP contribution in [0.15, 0.2) is 36.9 Å². The Kier molecular flexibility index (Phi) is 4.76. The molecule has 1 aromatic rings. The van der Waals surface area contributed by atoms with E-state index in [1.807, 2.05) is 0 Å². The van der Waals surface area contributed by atoms with Gasteiger partial charge in [0.05, 0.1) is 10.8 Å². The number of nitro groups is 1. The highest BCUT2D eigenvalue weighted by molar-refractivity contribution is 5.88. The Morgan fingerprint density at radius 1 is 1.42 bits per heavy atom. The number of nitrogens with zero attached hydrogens (tertiary/aromatic N) is 1. The Hall–Kier alpha value is -2.70. The SMILES string of the molecule is C=CC(=O)NCC(C(N)=O)c1ccc([N+](=O)[O-])cc1. The number of nitro benzene ring substituents is 1. The number of hydrogen-bond acceptors (Lipinski definition) is 4. The lowest BCUT2D eigenvalue weighted by Crippen LogP contribution is -2.33. The minimum atomic E-state index is -0.746. The molecule has 0 aliphatic rings. The summed E-state index contributed by atoms with van der Waals surface area (Å²) in [5.41, 5.74) is 5.67. The van der Waals surface area contributed by atoms with Gasteiger partial charge < -0.3 is 11.1 Å². The van der Waals surface area contributed by atoms with Crippen LogP contribution in [0.2, 0.25) is 0 Å².